The van der Waals surface area contributed by atoms with Gasteiger partial charge < -0.3 is 15.5 Å². The Labute approximate surface area is 159 Å². The van der Waals surface area contributed by atoms with Crippen molar-refractivity contribution in [2.45, 2.75) is 11.8 Å². The Balaban J connectivity index is 1.61. The number of nitrogen functional groups attached to an aromatic ring is 1. The number of carbonyl (C=O) groups is 1. The zero-order chi connectivity index (χ0) is 19.0. The van der Waals surface area contributed by atoms with E-state index in [1.165, 1.54) is 24.3 Å². The summed E-state index contributed by atoms with van der Waals surface area (Å²) in [6.45, 7) is 0. The number of ketones is 1. The van der Waals surface area contributed by atoms with Crippen LogP contribution in [0.5, 0.6) is 5.75 Å². The van der Waals surface area contributed by atoms with E-state index in [2.05, 4.69) is 9.97 Å². The summed E-state index contributed by atoms with van der Waals surface area (Å²) in [7, 11) is 0. The van der Waals surface area contributed by atoms with E-state index >= 15 is 0 Å². The predicted molar refractivity (Wildman–Crippen MR) is 102 cm³/mol. The lowest BCUT2D eigenvalue weighted by atomic mass is 9.95. The molecule has 4 rings (SSSR count). The number of anilines is 1. The lowest BCUT2D eigenvalue weighted by Gasteiger charge is -2.19. The number of ether oxygens (including phenoxy) is 1. The van der Waals surface area contributed by atoms with E-state index < -0.39 is 5.38 Å². The number of H-pyrrole nitrogens is 1. The van der Waals surface area contributed by atoms with Crippen LogP contribution >= 0.6 is 11.6 Å². The third-order valence-corrected chi connectivity index (χ3v) is 4.73. The molecule has 0 bridgehead atoms. The van der Waals surface area contributed by atoms with Gasteiger partial charge in [-0.1, -0.05) is 6.08 Å². The topological polar surface area (TPSA) is 81.0 Å². The first-order valence-corrected chi connectivity index (χ1v) is 8.71. The molecule has 0 spiro atoms. The van der Waals surface area contributed by atoms with Gasteiger partial charge in [-0.2, -0.15) is 0 Å². The SMILES string of the molecule is Nc1ccnc2[nH]cc(C(=O)C3=CC=C(Oc4ccc(F)cc4)CC3Cl)c12. The molecule has 27 heavy (non-hydrogen) atoms. The fourth-order valence-corrected chi connectivity index (χ4v) is 3.33. The molecule has 2 heterocycles. The summed E-state index contributed by atoms with van der Waals surface area (Å²) in [5.74, 6) is 0.553. The van der Waals surface area contributed by atoms with Gasteiger partial charge in [0.2, 0.25) is 0 Å². The number of rotatable bonds is 4. The van der Waals surface area contributed by atoms with E-state index in [9.17, 15) is 9.18 Å². The largest absolute Gasteiger partial charge is 0.462 e. The van der Waals surface area contributed by atoms with Crippen molar-refractivity contribution in [3.63, 3.8) is 0 Å². The van der Waals surface area contributed by atoms with Crippen molar-refractivity contribution in [3.8, 4) is 5.75 Å². The Morgan fingerprint density at radius 1 is 1.26 bits per heavy atom. The van der Waals surface area contributed by atoms with Crippen LogP contribution < -0.4 is 10.5 Å². The summed E-state index contributed by atoms with van der Waals surface area (Å²) in [4.78, 5) is 20.1. The molecule has 7 heteroatoms. The lowest BCUT2D eigenvalue weighted by Crippen LogP contribution is -2.18. The third-order valence-electron chi connectivity index (χ3n) is 4.34. The monoisotopic (exact) mass is 383 g/mol. The van der Waals surface area contributed by atoms with E-state index in [-0.39, 0.29) is 11.6 Å². The second-order valence-corrected chi connectivity index (χ2v) is 6.66. The molecule has 3 aromatic rings. The van der Waals surface area contributed by atoms with Crippen molar-refractivity contribution in [1.82, 2.24) is 9.97 Å². The van der Waals surface area contributed by atoms with Crippen molar-refractivity contribution in [2.24, 2.45) is 0 Å². The number of fused-ring (bicyclic) bond motifs is 1. The van der Waals surface area contributed by atoms with Crippen LogP contribution in [0.15, 0.2) is 66.2 Å². The highest BCUT2D eigenvalue weighted by Gasteiger charge is 2.27. The van der Waals surface area contributed by atoms with E-state index in [4.69, 9.17) is 22.1 Å². The third kappa shape index (κ3) is 3.31. The quantitative estimate of drug-likeness (QED) is 0.518. The number of hydrogen-bond donors (Lipinski definition) is 2. The van der Waals surface area contributed by atoms with Crippen molar-refractivity contribution >= 4 is 34.1 Å². The van der Waals surface area contributed by atoms with Gasteiger partial charge in [-0.15, -0.1) is 11.6 Å². The highest BCUT2D eigenvalue weighted by molar-refractivity contribution is 6.29. The highest BCUT2D eigenvalue weighted by atomic mass is 35.5. The minimum atomic E-state index is -0.555. The van der Waals surface area contributed by atoms with Crippen LogP contribution in [0.1, 0.15) is 16.8 Å². The van der Waals surface area contributed by atoms with Gasteiger partial charge in [-0.25, -0.2) is 9.37 Å². The number of Topliss-reactive ketones (excluding diaryl/α,β-unsaturated/α-hetero) is 1. The second kappa shape index (κ2) is 6.89. The molecule has 5 nitrogen and oxygen atoms in total. The van der Waals surface area contributed by atoms with Crippen LogP contribution in [0, 0.1) is 5.82 Å². The molecule has 136 valence electrons. The zero-order valence-electron chi connectivity index (χ0n) is 14.1. The summed E-state index contributed by atoms with van der Waals surface area (Å²) in [6.07, 6.45) is 6.86. The van der Waals surface area contributed by atoms with Gasteiger partial charge in [-0.05, 0) is 36.4 Å². The average molecular weight is 384 g/mol. The van der Waals surface area contributed by atoms with Crippen LogP contribution in [-0.2, 0) is 0 Å². The smallest absolute Gasteiger partial charge is 0.192 e. The number of benzene rings is 1. The van der Waals surface area contributed by atoms with Gasteiger partial charge in [-0.3, -0.25) is 4.79 Å². The Kier molecular flexibility index (Phi) is 4.41. The molecule has 1 aromatic carbocycles. The van der Waals surface area contributed by atoms with E-state index in [0.717, 1.165) is 0 Å². The summed E-state index contributed by atoms with van der Waals surface area (Å²) in [6, 6.07) is 7.35. The van der Waals surface area contributed by atoms with Gasteiger partial charge >= 0.3 is 0 Å². The molecule has 1 atom stereocenters. The number of alkyl halides is 1. The summed E-state index contributed by atoms with van der Waals surface area (Å²) >= 11 is 6.44. The van der Waals surface area contributed by atoms with E-state index in [1.807, 2.05) is 0 Å². The number of aromatic nitrogens is 2. The maximum absolute atomic E-state index is 13.0. The van der Waals surface area contributed by atoms with Crippen LogP contribution in [0.4, 0.5) is 10.1 Å². The molecule has 0 amide bonds. The number of pyridine rings is 1. The molecule has 1 unspecified atom stereocenters. The van der Waals surface area contributed by atoms with Gasteiger partial charge in [0.15, 0.2) is 5.78 Å². The first kappa shape index (κ1) is 17.3. The lowest BCUT2D eigenvalue weighted by molar-refractivity contribution is 0.103. The highest BCUT2D eigenvalue weighted by Crippen LogP contribution is 2.31. The van der Waals surface area contributed by atoms with Crippen LogP contribution in [0.25, 0.3) is 11.0 Å². The number of carbonyl (C=O) groups excluding carboxylic acids is 1. The van der Waals surface area contributed by atoms with Crippen LogP contribution in [0.2, 0.25) is 0 Å². The predicted octanol–water partition coefficient (Wildman–Crippen LogP) is 4.37. The van der Waals surface area contributed by atoms with Crippen LogP contribution in [0.3, 0.4) is 0 Å². The van der Waals surface area contributed by atoms with Crippen LogP contribution in [-0.4, -0.2) is 21.1 Å². The molecule has 0 saturated heterocycles. The molecule has 0 saturated carbocycles. The number of allylic oxidation sites excluding steroid dienone is 4. The Bertz CT molecular complexity index is 1090. The van der Waals surface area contributed by atoms with Crippen molar-refractivity contribution < 1.29 is 13.9 Å². The zero-order valence-corrected chi connectivity index (χ0v) is 14.8. The summed E-state index contributed by atoms with van der Waals surface area (Å²) < 4.78 is 18.7. The molecule has 3 N–H and O–H groups in total. The fourth-order valence-electron chi connectivity index (χ4n) is 3.01. The minimum absolute atomic E-state index is 0.210. The molecule has 0 radical (unpaired) electrons. The molecular weight excluding hydrogens is 369 g/mol. The number of nitrogens with two attached hydrogens (primary N) is 1. The fraction of sp³-hybridized carbons (Fsp3) is 0.100. The van der Waals surface area contributed by atoms with Gasteiger partial charge in [0, 0.05) is 30.1 Å². The Morgan fingerprint density at radius 3 is 2.78 bits per heavy atom. The number of nitrogens with one attached hydrogen (secondary N) is 1. The standard InChI is InChI=1S/C20H15ClFN3O2/c21-16-9-13(27-12-3-1-11(22)2-4-12)5-6-14(16)19(26)15-10-25-20-18(15)17(23)7-8-24-20/h1-8,10,16H,9H2,(H3,23,24,25). The first-order chi connectivity index (χ1) is 13.0. The average Bonchev–Trinajstić information content (AvgIpc) is 3.09. The Hall–Kier alpha value is -3.12. The summed E-state index contributed by atoms with van der Waals surface area (Å²) in [5.41, 5.74) is 7.91. The second-order valence-electron chi connectivity index (χ2n) is 6.14. The van der Waals surface area contributed by atoms with Crippen molar-refractivity contribution in [3.05, 3.63) is 77.6 Å². The van der Waals surface area contributed by atoms with Crippen molar-refractivity contribution in [1.29, 1.82) is 0 Å². The maximum atomic E-state index is 13.0. The van der Waals surface area contributed by atoms with E-state index in [0.29, 0.717) is 45.8 Å². The van der Waals surface area contributed by atoms with Gasteiger partial charge in [0.05, 0.1) is 16.3 Å². The number of aromatic amines is 1. The van der Waals surface area contributed by atoms with Gasteiger partial charge in [0.25, 0.3) is 0 Å². The van der Waals surface area contributed by atoms with E-state index in [1.54, 1.807) is 30.6 Å². The molecule has 1 aliphatic carbocycles. The normalized spacial score (nSPS) is 16.7. The first-order valence-electron chi connectivity index (χ1n) is 8.27. The molecule has 0 fully saturated rings. The Morgan fingerprint density at radius 2 is 2.04 bits per heavy atom. The summed E-state index contributed by atoms with van der Waals surface area (Å²) in [5, 5.41) is 0.0328. The molecular formula is C20H15ClFN3O2. The molecule has 0 aliphatic heterocycles. The minimum Gasteiger partial charge on any atom is -0.462 e. The van der Waals surface area contributed by atoms with Crippen molar-refractivity contribution in [2.75, 3.05) is 5.73 Å². The number of nitrogens with zero attached hydrogens (tertiary/aromatic N) is 1. The maximum Gasteiger partial charge on any atom is 0.192 e. The van der Waals surface area contributed by atoms with Gasteiger partial charge in [0.1, 0.15) is 23.0 Å². The molecule has 2 aromatic heterocycles. The number of hydrogen-bond acceptors (Lipinski definition) is 4. The molecule has 1 aliphatic rings. The number of halogens is 2.